The molecule has 2 rings (SSSR count). The molecule has 0 spiro atoms. The van der Waals surface area contributed by atoms with Crippen LogP contribution in [-0.2, 0) is 4.74 Å². The highest BCUT2D eigenvalue weighted by Crippen LogP contribution is 2.14. The molecule has 1 atom stereocenters. The number of rotatable bonds is 3. The normalized spacial score (nSPS) is 18.5. The Morgan fingerprint density at radius 2 is 2.26 bits per heavy atom. The van der Waals surface area contributed by atoms with Gasteiger partial charge in [0.1, 0.15) is 0 Å². The number of halogens is 1. The van der Waals surface area contributed by atoms with Crippen molar-refractivity contribution < 1.29 is 9.53 Å². The van der Waals surface area contributed by atoms with E-state index in [1.807, 2.05) is 13.0 Å². The number of nitrogens with one attached hydrogen (secondary N) is 1. The molecule has 1 aromatic rings. The minimum Gasteiger partial charge on any atom is -0.399 e. The molecule has 0 aromatic heterocycles. The van der Waals surface area contributed by atoms with E-state index in [0.29, 0.717) is 17.8 Å². The lowest BCUT2D eigenvalue weighted by Crippen LogP contribution is -2.35. The maximum atomic E-state index is 12.0. The van der Waals surface area contributed by atoms with Gasteiger partial charge in [-0.25, -0.2) is 0 Å². The van der Waals surface area contributed by atoms with Crippen molar-refractivity contribution in [1.29, 1.82) is 0 Å². The number of nitrogens with two attached hydrogens (primary N) is 1. The van der Waals surface area contributed by atoms with Gasteiger partial charge >= 0.3 is 0 Å². The van der Waals surface area contributed by atoms with E-state index in [1.165, 1.54) is 6.42 Å². The molecule has 1 amide bonds. The summed E-state index contributed by atoms with van der Waals surface area (Å²) < 4.78 is 5.58. The molecule has 1 aromatic carbocycles. The first-order valence-corrected chi connectivity index (χ1v) is 6.43. The lowest BCUT2D eigenvalue weighted by molar-refractivity contribution is 0.0169. The standard InChI is InChI=1S/C14H20N2O2.ClH/c1-10-5-6-11(15)8-13(10)14(17)16-9-12-4-2-3-7-18-12;/h5-6,8,12H,2-4,7,9,15H2,1H3,(H,16,17);1H. The minimum atomic E-state index is -0.0750. The molecule has 1 heterocycles. The van der Waals surface area contributed by atoms with E-state index < -0.39 is 0 Å². The van der Waals surface area contributed by atoms with E-state index in [9.17, 15) is 4.79 Å². The third kappa shape index (κ3) is 4.40. The van der Waals surface area contributed by atoms with Gasteiger partial charge in [-0.3, -0.25) is 4.79 Å². The van der Waals surface area contributed by atoms with Crippen LogP contribution in [0.3, 0.4) is 0 Å². The second-order valence-corrected chi connectivity index (χ2v) is 4.77. The minimum absolute atomic E-state index is 0. The average Bonchev–Trinajstić information content (AvgIpc) is 2.40. The van der Waals surface area contributed by atoms with Crippen LogP contribution in [0.5, 0.6) is 0 Å². The fourth-order valence-electron chi connectivity index (χ4n) is 2.15. The quantitative estimate of drug-likeness (QED) is 0.837. The molecule has 3 N–H and O–H groups in total. The van der Waals surface area contributed by atoms with Crippen molar-refractivity contribution in [3.8, 4) is 0 Å². The van der Waals surface area contributed by atoms with Gasteiger partial charge in [0.2, 0.25) is 0 Å². The number of benzene rings is 1. The summed E-state index contributed by atoms with van der Waals surface area (Å²) >= 11 is 0. The van der Waals surface area contributed by atoms with Crippen LogP contribution in [0.2, 0.25) is 0 Å². The van der Waals surface area contributed by atoms with E-state index >= 15 is 0 Å². The van der Waals surface area contributed by atoms with Gasteiger partial charge in [0.25, 0.3) is 5.91 Å². The maximum Gasteiger partial charge on any atom is 0.251 e. The topological polar surface area (TPSA) is 64.4 Å². The molecular weight excluding hydrogens is 264 g/mol. The summed E-state index contributed by atoms with van der Waals surface area (Å²) in [5.41, 5.74) is 7.89. The second kappa shape index (κ2) is 7.36. The third-order valence-corrected chi connectivity index (χ3v) is 3.27. The highest BCUT2D eigenvalue weighted by atomic mass is 35.5. The van der Waals surface area contributed by atoms with Crippen LogP contribution < -0.4 is 11.1 Å². The first-order valence-electron chi connectivity index (χ1n) is 6.43. The van der Waals surface area contributed by atoms with Crippen LogP contribution in [0.15, 0.2) is 18.2 Å². The summed E-state index contributed by atoms with van der Waals surface area (Å²) in [6.07, 6.45) is 3.48. The van der Waals surface area contributed by atoms with Crippen LogP contribution in [0.4, 0.5) is 5.69 Å². The Kier molecular flexibility index (Phi) is 6.12. The van der Waals surface area contributed by atoms with Gasteiger partial charge < -0.3 is 15.8 Å². The van der Waals surface area contributed by atoms with Gasteiger partial charge in [-0.05, 0) is 43.9 Å². The van der Waals surface area contributed by atoms with E-state index in [0.717, 1.165) is 25.0 Å². The van der Waals surface area contributed by atoms with Crippen LogP contribution in [-0.4, -0.2) is 25.2 Å². The van der Waals surface area contributed by atoms with Crippen LogP contribution in [0, 0.1) is 6.92 Å². The number of ether oxygens (including phenoxy) is 1. The zero-order valence-corrected chi connectivity index (χ0v) is 12.0. The van der Waals surface area contributed by atoms with E-state index in [-0.39, 0.29) is 24.4 Å². The molecule has 1 fully saturated rings. The number of carbonyl (C=O) groups excluding carboxylic acids is 1. The Morgan fingerprint density at radius 3 is 2.95 bits per heavy atom. The van der Waals surface area contributed by atoms with E-state index in [2.05, 4.69) is 5.32 Å². The Morgan fingerprint density at radius 1 is 1.47 bits per heavy atom. The number of anilines is 1. The SMILES string of the molecule is Cc1ccc(N)cc1C(=O)NCC1CCCCO1.Cl. The van der Waals surface area contributed by atoms with Gasteiger partial charge in [-0.2, -0.15) is 0 Å². The third-order valence-electron chi connectivity index (χ3n) is 3.27. The zero-order valence-electron chi connectivity index (χ0n) is 11.1. The number of hydrogen-bond donors (Lipinski definition) is 2. The van der Waals surface area contributed by atoms with Crippen molar-refractivity contribution >= 4 is 24.0 Å². The van der Waals surface area contributed by atoms with Crippen LogP contribution >= 0.6 is 12.4 Å². The lowest BCUT2D eigenvalue weighted by atomic mass is 10.1. The summed E-state index contributed by atoms with van der Waals surface area (Å²) in [7, 11) is 0. The van der Waals surface area contributed by atoms with Crippen molar-refractivity contribution in [3.63, 3.8) is 0 Å². The highest BCUT2D eigenvalue weighted by molar-refractivity contribution is 5.96. The number of carbonyl (C=O) groups is 1. The monoisotopic (exact) mass is 284 g/mol. The van der Waals surface area contributed by atoms with E-state index in [4.69, 9.17) is 10.5 Å². The largest absolute Gasteiger partial charge is 0.399 e. The van der Waals surface area contributed by atoms with Crippen molar-refractivity contribution in [1.82, 2.24) is 5.32 Å². The molecule has 0 aliphatic carbocycles. The molecule has 4 nitrogen and oxygen atoms in total. The van der Waals surface area contributed by atoms with Crippen molar-refractivity contribution in [2.45, 2.75) is 32.3 Å². The van der Waals surface area contributed by atoms with Gasteiger partial charge in [-0.15, -0.1) is 12.4 Å². The highest BCUT2D eigenvalue weighted by Gasteiger charge is 2.16. The summed E-state index contributed by atoms with van der Waals surface area (Å²) in [5.74, 6) is -0.0750. The summed E-state index contributed by atoms with van der Waals surface area (Å²) in [5, 5.41) is 2.92. The van der Waals surface area contributed by atoms with Crippen LogP contribution in [0.1, 0.15) is 35.2 Å². The molecule has 0 saturated carbocycles. The fourth-order valence-corrected chi connectivity index (χ4v) is 2.15. The molecule has 106 valence electrons. The van der Waals surface area contributed by atoms with Crippen molar-refractivity contribution in [2.75, 3.05) is 18.9 Å². The molecule has 19 heavy (non-hydrogen) atoms. The number of hydrogen-bond acceptors (Lipinski definition) is 3. The Bertz CT molecular complexity index is 431. The smallest absolute Gasteiger partial charge is 0.251 e. The van der Waals surface area contributed by atoms with Gasteiger partial charge in [0.15, 0.2) is 0 Å². The fraction of sp³-hybridized carbons (Fsp3) is 0.500. The maximum absolute atomic E-state index is 12.0. The molecule has 0 radical (unpaired) electrons. The Labute approximate surface area is 120 Å². The average molecular weight is 285 g/mol. The molecule has 1 saturated heterocycles. The first-order chi connectivity index (χ1) is 8.66. The first kappa shape index (κ1) is 15.8. The van der Waals surface area contributed by atoms with Gasteiger partial charge in [-0.1, -0.05) is 6.07 Å². The van der Waals surface area contributed by atoms with Crippen molar-refractivity contribution in [3.05, 3.63) is 29.3 Å². The molecule has 1 aliphatic heterocycles. The van der Waals surface area contributed by atoms with Gasteiger partial charge in [0, 0.05) is 24.4 Å². The Hall–Kier alpha value is -1.26. The summed E-state index contributed by atoms with van der Waals surface area (Å²) in [6, 6.07) is 5.38. The predicted molar refractivity (Wildman–Crippen MR) is 78.8 cm³/mol. The molecule has 1 aliphatic rings. The Balaban J connectivity index is 0.00000180. The van der Waals surface area contributed by atoms with E-state index in [1.54, 1.807) is 12.1 Å². The molecular formula is C14H21ClN2O2. The second-order valence-electron chi connectivity index (χ2n) is 4.77. The van der Waals surface area contributed by atoms with Crippen LogP contribution in [0.25, 0.3) is 0 Å². The van der Waals surface area contributed by atoms with Gasteiger partial charge in [0.05, 0.1) is 6.10 Å². The molecule has 1 unspecified atom stereocenters. The summed E-state index contributed by atoms with van der Waals surface area (Å²) in [4.78, 5) is 12.0. The number of aryl methyl sites for hydroxylation is 1. The predicted octanol–water partition coefficient (Wildman–Crippen LogP) is 2.30. The summed E-state index contributed by atoms with van der Waals surface area (Å²) in [6.45, 7) is 3.29. The molecule has 0 bridgehead atoms. The molecule has 5 heteroatoms. The lowest BCUT2D eigenvalue weighted by Gasteiger charge is -2.22. The number of nitrogen functional groups attached to an aromatic ring is 1. The zero-order chi connectivity index (χ0) is 13.0. The number of amides is 1. The van der Waals surface area contributed by atoms with Crippen molar-refractivity contribution in [2.24, 2.45) is 0 Å².